The van der Waals surface area contributed by atoms with Crippen LogP contribution in [-0.2, 0) is 55.2 Å². The van der Waals surface area contributed by atoms with Gasteiger partial charge < -0.3 is 5.11 Å². The molecule has 53 heavy (non-hydrogen) atoms. The van der Waals surface area contributed by atoms with Crippen LogP contribution in [0, 0.1) is 0 Å². The van der Waals surface area contributed by atoms with Gasteiger partial charge in [-0.3, -0.25) is 34.2 Å². The number of benzene rings is 4. The lowest BCUT2D eigenvalue weighted by Gasteiger charge is -2.03. The van der Waals surface area contributed by atoms with E-state index in [1.807, 2.05) is 66.7 Å². The van der Waals surface area contributed by atoms with Crippen LogP contribution in [0.3, 0.4) is 0 Å². The molecule has 0 heterocycles. The van der Waals surface area contributed by atoms with Gasteiger partial charge in [0.05, 0.1) is 12.8 Å². The lowest BCUT2D eigenvalue weighted by molar-refractivity contribution is -0.134. The molecule has 0 fully saturated rings. The minimum Gasteiger partial charge on any atom is -0.481 e. The highest BCUT2D eigenvalue weighted by Crippen LogP contribution is 2.03. The van der Waals surface area contributed by atoms with E-state index in [2.05, 4.69) is 16.0 Å². The fourth-order valence-electron chi connectivity index (χ4n) is 3.44. The van der Waals surface area contributed by atoms with E-state index in [-0.39, 0.29) is 29.7 Å². The number of Topliss-reactive ketones (excluding diaryl/α,β-unsaturated/α-hetero) is 3. The molecule has 0 aromatic heterocycles. The largest absolute Gasteiger partial charge is 0.481 e. The van der Waals surface area contributed by atoms with Crippen molar-refractivity contribution in [1.29, 1.82) is 0 Å². The number of carbonyl (C=O) groups is 6. The second-order valence-electron chi connectivity index (χ2n) is 9.73. The number of hydrazine groups is 1. The molecule has 0 aliphatic carbocycles. The van der Waals surface area contributed by atoms with Crippen molar-refractivity contribution in [2.75, 3.05) is 0 Å². The number of hydrogen-bond donors (Lipinski definition) is 4. The number of rotatable bonds is 9. The number of nitrogens with zero attached hydrogens (tertiary/aromatic N) is 1. The molecule has 0 aliphatic rings. The van der Waals surface area contributed by atoms with Gasteiger partial charge in [-0.15, -0.1) is 0 Å². The summed E-state index contributed by atoms with van der Waals surface area (Å²) >= 11 is -1.50. The molecule has 4 rings (SSSR count). The average molecular weight is 767 g/mol. The summed E-state index contributed by atoms with van der Waals surface area (Å²) < 4.78 is 33.2. The van der Waals surface area contributed by atoms with Crippen LogP contribution in [-0.4, -0.2) is 62.8 Å². The van der Waals surface area contributed by atoms with Gasteiger partial charge in [-0.25, -0.2) is 11.3 Å². The van der Waals surface area contributed by atoms with E-state index in [9.17, 15) is 24.0 Å². The second-order valence-corrected chi connectivity index (χ2v) is 10.00. The molecule has 4 aromatic carbocycles. The van der Waals surface area contributed by atoms with Crippen molar-refractivity contribution in [1.82, 2.24) is 10.9 Å². The second kappa shape index (κ2) is 31.5. The summed E-state index contributed by atoms with van der Waals surface area (Å²) in [5, 5.41) is 11.3. The summed E-state index contributed by atoms with van der Waals surface area (Å²) in [7, 11) is 0. The summed E-state index contributed by atoms with van der Waals surface area (Å²) in [6.07, 6.45) is 0.578. The monoisotopic (exact) mass is 766 g/mol. The Kier molecular flexibility index (Phi) is 29.0. The number of carboxylic acid groups (broad SMARTS) is 1. The van der Waals surface area contributed by atoms with Crippen molar-refractivity contribution in [3.63, 3.8) is 0 Å². The van der Waals surface area contributed by atoms with Crippen LogP contribution in [0.25, 0.3) is 0 Å². The van der Waals surface area contributed by atoms with E-state index in [0.29, 0.717) is 17.5 Å². The number of carbonyl (C=O) groups excluding carboxylic acids is 5. The van der Waals surface area contributed by atoms with Gasteiger partial charge in [0.1, 0.15) is 5.71 Å². The van der Waals surface area contributed by atoms with Crippen LogP contribution in [0.1, 0.15) is 52.6 Å². The Morgan fingerprint density at radius 3 is 1.19 bits per heavy atom. The number of hydrogen-bond acceptors (Lipinski definition) is 12. The molecule has 15 nitrogen and oxygen atoms in total. The number of carboxylic acids is 1. The Morgan fingerprint density at radius 2 is 0.868 bits per heavy atom. The Labute approximate surface area is 312 Å². The van der Waals surface area contributed by atoms with Crippen molar-refractivity contribution in [2.24, 2.45) is 10.9 Å². The lowest BCUT2D eigenvalue weighted by atomic mass is 10.1. The highest BCUT2D eigenvalue weighted by atomic mass is 32.1. The van der Waals surface area contributed by atoms with Crippen LogP contribution in [0.4, 0.5) is 0 Å². The smallest absolute Gasteiger partial charge is 0.335 e. The van der Waals surface area contributed by atoms with Gasteiger partial charge in [-0.05, 0) is 18.1 Å². The third-order valence-corrected chi connectivity index (χ3v) is 5.64. The van der Waals surface area contributed by atoms with E-state index < -0.39 is 40.7 Å². The number of ketones is 3. The first-order valence-corrected chi connectivity index (χ1v) is 16.2. The van der Waals surface area contributed by atoms with Gasteiger partial charge in [0.25, 0.3) is 5.97 Å². The molecule has 0 radical (unpaired) electrons. The predicted molar refractivity (Wildman–Crippen MR) is 197 cm³/mol. The highest BCUT2D eigenvalue weighted by Gasteiger charge is 2.10. The Balaban J connectivity index is 0. The zero-order valence-electron chi connectivity index (χ0n) is 28.8. The number of amides is 2. The molecule has 0 atom stereocenters. The molecular formula is C36H38N4O11S2. The standard InChI is InChI=1S/C17H16N2O2.C9H8O2.C8H10N2O.C2H4O2.2O2S/c1-13(17(21)15-10-6-3-7-11-15)18-19-16(20)12-14-8-4-2-5-9-14;1-7(10)9(11)8-5-3-2-4-6-8;9-10-8(11)6-7-4-2-1-3-5-7;1-2(3)4;2*1-3-2/h2-11H,12H2,1H3,(H,19,20);2-6H,1H3;1-5H,6,9H2,(H,10,11);1H3,(H,3,4);;/b18-13-;;;;;. The first-order valence-electron chi connectivity index (χ1n) is 14.9. The fraction of sp³-hybridized carbons (Fsp3) is 0.139. The molecule has 2 amide bonds. The van der Waals surface area contributed by atoms with E-state index in [1.54, 1.807) is 61.5 Å². The van der Waals surface area contributed by atoms with Crippen molar-refractivity contribution in [3.8, 4) is 0 Å². The average Bonchev–Trinajstić information content (AvgIpc) is 3.15. The summed E-state index contributed by atoms with van der Waals surface area (Å²) in [5.74, 6) is 2.62. The zero-order valence-corrected chi connectivity index (χ0v) is 30.5. The molecule has 17 heteroatoms. The maximum atomic E-state index is 12.0. The summed E-state index contributed by atoms with van der Waals surface area (Å²) in [5.41, 5.74) is 7.62. The minimum atomic E-state index is -0.833. The molecule has 0 aliphatic heterocycles. The van der Waals surface area contributed by atoms with Crippen LogP contribution in [0.15, 0.2) is 126 Å². The maximum Gasteiger partial charge on any atom is 0.335 e. The van der Waals surface area contributed by atoms with E-state index in [4.69, 9.17) is 32.6 Å². The molecule has 0 bridgehead atoms. The molecule has 0 saturated carbocycles. The number of nitrogens with two attached hydrogens (primary N) is 1. The fourth-order valence-corrected chi connectivity index (χ4v) is 3.44. The molecule has 280 valence electrons. The SMILES string of the molecule is C/C(=N/NC(=O)Cc1ccccc1)C(=O)c1ccccc1.CC(=O)C(=O)c1ccccc1.CC(=O)O.NNC(=O)Cc1ccccc1.O=S=O.O=S=O. The topological polar surface area (TPSA) is 253 Å². The number of aliphatic carboxylic acids is 1. The normalized spacial score (nSPS) is 9.09. The van der Waals surface area contributed by atoms with E-state index in [0.717, 1.165) is 18.1 Å². The van der Waals surface area contributed by atoms with Crippen molar-refractivity contribution in [2.45, 2.75) is 33.6 Å². The van der Waals surface area contributed by atoms with E-state index >= 15 is 0 Å². The van der Waals surface area contributed by atoms with Gasteiger partial charge in [-0.1, -0.05) is 121 Å². The lowest BCUT2D eigenvalue weighted by Crippen LogP contribution is -2.31. The Bertz CT molecular complexity index is 1800. The zero-order chi connectivity index (χ0) is 40.4. The summed E-state index contributed by atoms with van der Waals surface area (Å²) in [4.78, 5) is 65.1. The van der Waals surface area contributed by atoms with Crippen molar-refractivity contribution < 1.29 is 50.7 Å². The van der Waals surface area contributed by atoms with Gasteiger partial charge >= 0.3 is 23.1 Å². The minimum absolute atomic E-state index is 0.170. The summed E-state index contributed by atoms with van der Waals surface area (Å²) in [6.45, 7) is 3.94. The maximum absolute atomic E-state index is 12.0. The third-order valence-electron chi connectivity index (χ3n) is 5.64. The number of nitrogens with one attached hydrogen (secondary N) is 2. The van der Waals surface area contributed by atoms with E-state index in [1.165, 1.54) is 6.92 Å². The summed E-state index contributed by atoms with van der Waals surface area (Å²) in [6, 6.07) is 36.2. The Morgan fingerprint density at radius 1 is 0.566 bits per heavy atom. The number of hydrazone groups is 1. The molecule has 5 N–H and O–H groups in total. The Hall–Kier alpha value is -6.43. The molecule has 4 aromatic rings. The van der Waals surface area contributed by atoms with Gasteiger partial charge in [0, 0.05) is 25.0 Å². The van der Waals surface area contributed by atoms with Crippen LogP contribution >= 0.6 is 0 Å². The van der Waals surface area contributed by atoms with Gasteiger partial charge in [0.15, 0.2) is 5.78 Å². The quantitative estimate of drug-likeness (QED) is 0.0479. The first-order chi connectivity index (χ1) is 25.3. The molecular weight excluding hydrogens is 729 g/mol. The van der Waals surface area contributed by atoms with Crippen LogP contribution < -0.4 is 16.7 Å². The third kappa shape index (κ3) is 27.0. The van der Waals surface area contributed by atoms with Crippen LogP contribution in [0.2, 0.25) is 0 Å². The molecule has 0 unspecified atom stereocenters. The van der Waals surface area contributed by atoms with Crippen LogP contribution in [0.5, 0.6) is 0 Å². The van der Waals surface area contributed by atoms with Gasteiger partial charge in [0.2, 0.25) is 23.4 Å². The van der Waals surface area contributed by atoms with Gasteiger partial charge in [-0.2, -0.15) is 21.9 Å². The van der Waals surface area contributed by atoms with Crippen molar-refractivity contribution >= 4 is 64.0 Å². The molecule has 0 saturated heterocycles. The van der Waals surface area contributed by atoms with Crippen molar-refractivity contribution in [3.05, 3.63) is 144 Å². The first kappa shape index (κ1) is 48.7. The highest BCUT2D eigenvalue weighted by molar-refractivity contribution is 7.51. The molecule has 0 spiro atoms. The predicted octanol–water partition coefficient (Wildman–Crippen LogP) is 3.03.